The summed E-state index contributed by atoms with van der Waals surface area (Å²) in [7, 11) is 0. The van der Waals surface area contributed by atoms with Gasteiger partial charge >= 0.3 is 5.69 Å². The van der Waals surface area contributed by atoms with Crippen LogP contribution in [0.4, 0.5) is 4.39 Å². The fourth-order valence-corrected chi connectivity index (χ4v) is 5.10. The molecule has 0 amide bonds. The fraction of sp³-hybridized carbons (Fsp3) is 0.273. The van der Waals surface area contributed by atoms with Gasteiger partial charge in [-0.15, -0.1) is 11.3 Å². The average molecular weight is 475 g/mol. The van der Waals surface area contributed by atoms with Crippen molar-refractivity contribution in [1.29, 1.82) is 0 Å². The molecule has 2 aromatic carbocycles. The molecule has 0 aliphatic carbocycles. The Kier molecular flexibility index (Phi) is 5.69. The standard InChI is InChI=1S/C22H20BrFN2O2S/c1-2-3-4-7-12-25-19-15-8-5-6-9-18(15)29-20(19)21(27)26(22(25)28)17-11-10-14(23)13-16(17)24/h5-6,8-11,13H,2-4,7,12H2,1H3. The zero-order valence-electron chi connectivity index (χ0n) is 16.0. The van der Waals surface area contributed by atoms with Crippen molar-refractivity contribution in [2.24, 2.45) is 0 Å². The third-order valence-electron chi connectivity index (χ3n) is 5.04. The summed E-state index contributed by atoms with van der Waals surface area (Å²) < 4.78 is 19.2. The molecule has 4 rings (SSSR count). The summed E-state index contributed by atoms with van der Waals surface area (Å²) in [6.07, 6.45) is 4.00. The van der Waals surface area contributed by atoms with Crippen molar-refractivity contribution in [3.8, 4) is 5.69 Å². The largest absolute Gasteiger partial charge is 0.336 e. The molecule has 7 heteroatoms. The molecule has 150 valence electrons. The number of hydrogen-bond acceptors (Lipinski definition) is 3. The van der Waals surface area contributed by atoms with Crippen LogP contribution in [0, 0.1) is 5.82 Å². The van der Waals surface area contributed by atoms with Gasteiger partial charge in [0.1, 0.15) is 10.5 Å². The van der Waals surface area contributed by atoms with Gasteiger partial charge in [0, 0.05) is 21.1 Å². The summed E-state index contributed by atoms with van der Waals surface area (Å²) in [4.78, 5) is 26.7. The fourth-order valence-electron chi connectivity index (χ4n) is 3.63. The van der Waals surface area contributed by atoms with Crippen molar-refractivity contribution in [3.05, 3.63) is 73.6 Å². The second kappa shape index (κ2) is 8.24. The van der Waals surface area contributed by atoms with Gasteiger partial charge in [0.2, 0.25) is 0 Å². The lowest BCUT2D eigenvalue weighted by molar-refractivity contribution is 0.560. The second-order valence-corrected chi connectivity index (χ2v) is 8.97. The predicted molar refractivity (Wildman–Crippen MR) is 121 cm³/mol. The Labute approximate surface area is 179 Å². The Morgan fingerprint density at radius 3 is 2.62 bits per heavy atom. The number of hydrogen-bond donors (Lipinski definition) is 0. The number of aryl methyl sites for hydroxylation is 1. The zero-order valence-corrected chi connectivity index (χ0v) is 18.4. The van der Waals surface area contributed by atoms with E-state index in [4.69, 9.17) is 0 Å². The van der Waals surface area contributed by atoms with Crippen molar-refractivity contribution in [3.63, 3.8) is 0 Å². The van der Waals surface area contributed by atoms with Gasteiger partial charge in [0.15, 0.2) is 0 Å². The van der Waals surface area contributed by atoms with E-state index in [0.29, 0.717) is 21.2 Å². The highest BCUT2D eigenvalue weighted by Gasteiger charge is 2.20. The molecule has 0 radical (unpaired) electrons. The molecule has 29 heavy (non-hydrogen) atoms. The van der Waals surface area contributed by atoms with Crippen LogP contribution in [0.2, 0.25) is 0 Å². The molecule has 2 heterocycles. The van der Waals surface area contributed by atoms with Crippen LogP contribution in [-0.4, -0.2) is 9.13 Å². The molecule has 0 fully saturated rings. The van der Waals surface area contributed by atoms with Gasteiger partial charge in [-0.1, -0.05) is 60.3 Å². The topological polar surface area (TPSA) is 44.0 Å². The number of fused-ring (bicyclic) bond motifs is 3. The first kappa shape index (κ1) is 20.0. The molecule has 0 bridgehead atoms. The van der Waals surface area contributed by atoms with Crippen LogP contribution in [0.5, 0.6) is 0 Å². The van der Waals surface area contributed by atoms with Gasteiger partial charge in [-0.2, -0.15) is 0 Å². The van der Waals surface area contributed by atoms with Gasteiger partial charge in [-0.3, -0.25) is 9.36 Å². The van der Waals surface area contributed by atoms with Gasteiger partial charge in [-0.05, 0) is 30.7 Å². The maximum absolute atomic E-state index is 14.7. The first-order chi connectivity index (χ1) is 14.0. The lowest BCUT2D eigenvalue weighted by Crippen LogP contribution is -2.39. The molecule has 0 saturated heterocycles. The lowest BCUT2D eigenvalue weighted by atomic mass is 10.2. The Morgan fingerprint density at radius 1 is 1.07 bits per heavy atom. The van der Waals surface area contributed by atoms with Crippen LogP contribution in [0.15, 0.2) is 56.5 Å². The Hall–Kier alpha value is -2.25. The summed E-state index contributed by atoms with van der Waals surface area (Å²) in [6, 6.07) is 12.0. The Balaban J connectivity index is 2.03. The molecule has 0 unspecified atom stereocenters. The van der Waals surface area contributed by atoms with Gasteiger partial charge in [0.25, 0.3) is 5.56 Å². The molecule has 0 aliphatic rings. The number of aromatic nitrogens is 2. The minimum Gasteiger partial charge on any atom is -0.291 e. The monoisotopic (exact) mass is 474 g/mol. The van der Waals surface area contributed by atoms with E-state index < -0.39 is 17.1 Å². The minimum atomic E-state index is -0.614. The second-order valence-electron chi connectivity index (χ2n) is 7.01. The highest BCUT2D eigenvalue weighted by atomic mass is 79.9. The molecule has 0 saturated carbocycles. The van der Waals surface area contributed by atoms with E-state index in [1.54, 1.807) is 10.6 Å². The van der Waals surface area contributed by atoms with E-state index in [-0.39, 0.29) is 5.69 Å². The van der Waals surface area contributed by atoms with Crippen LogP contribution < -0.4 is 11.2 Å². The maximum Gasteiger partial charge on any atom is 0.336 e. The maximum atomic E-state index is 14.7. The van der Waals surface area contributed by atoms with Crippen molar-refractivity contribution < 1.29 is 4.39 Å². The summed E-state index contributed by atoms with van der Waals surface area (Å²) in [5.41, 5.74) is -0.336. The Bertz CT molecular complexity index is 1320. The number of unbranched alkanes of at least 4 members (excludes halogenated alkanes) is 3. The van der Waals surface area contributed by atoms with E-state index in [1.807, 2.05) is 24.3 Å². The van der Waals surface area contributed by atoms with E-state index in [1.165, 1.54) is 23.5 Å². The molecular formula is C22H20BrFN2O2S. The number of rotatable bonds is 6. The molecule has 2 aromatic heterocycles. The van der Waals surface area contributed by atoms with Crippen LogP contribution in [0.25, 0.3) is 26.0 Å². The molecule has 4 nitrogen and oxygen atoms in total. The molecule has 0 spiro atoms. The first-order valence-electron chi connectivity index (χ1n) is 9.65. The van der Waals surface area contributed by atoms with Crippen molar-refractivity contribution >= 4 is 47.6 Å². The average Bonchev–Trinajstić information content (AvgIpc) is 3.09. The number of thiophene rings is 1. The van der Waals surface area contributed by atoms with E-state index in [9.17, 15) is 14.0 Å². The number of halogens is 2. The summed E-state index contributed by atoms with van der Waals surface area (Å²) in [5, 5.41) is 0.889. The molecule has 0 atom stereocenters. The number of benzene rings is 2. The summed E-state index contributed by atoms with van der Waals surface area (Å²) >= 11 is 4.57. The first-order valence-corrected chi connectivity index (χ1v) is 11.3. The number of nitrogens with zero attached hydrogens (tertiary/aromatic N) is 2. The van der Waals surface area contributed by atoms with Crippen LogP contribution in [0.3, 0.4) is 0 Å². The van der Waals surface area contributed by atoms with Crippen LogP contribution in [-0.2, 0) is 6.54 Å². The summed E-state index contributed by atoms with van der Waals surface area (Å²) in [5.74, 6) is -0.614. The molecule has 0 N–H and O–H groups in total. The smallest absolute Gasteiger partial charge is 0.291 e. The van der Waals surface area contributed by atoms with Gasteiger partial charge in [0.05, 0.1) is 11.2 Å². The molecular weight excluding hydrogens is 455 g/mol. The highest BCUT2D eigenvalue weighted by Crippen LogP contribution is 2.31. The van der Waals surface area contributed by atoms with Crippen LogP contribution in [0.1, 0.15) is 32.6 Å². The van der Waals surface area contributed by atoms with Crippen LogP contribution >= 0.6 is 27.3 Å². The molecule has 0 aliphatic heterocycles. The van der Waals surface area contributed by atoms with E-state index in [2.05, 4.69) is 22.9 Å². The van der Waals surface area contributed by atoms with E-state index >= 15 is 0 Å². The van der Waals surface area contributed by atoms with Crippen molar-refractivity contribution in [1.82, 2.24) is 9.13 Å². The predicted octanol–water partition coefficient (Wildman–Crippen LogP) is 5.85. The third-order valence-corrected chi connectivity index (χ3v) is 6.69. The quantitative estimate of drug-likeness (QED) is 0.329. The Morgan fingerprint density at radius 2 is 1.86 bits per heavy atom. The SMILES string of the molecule is CCCCCCn1c(=O)n(-c2ccc(Br)cc2F)c(=O)c2sc3ccccc3c21. The third kappa shape index (κ3) is 3.57. The zero-order chi connectivity index (χ0) is 20.5. The van der Waals surface area contributed by atoms with E-state index in [0.717, 1.165) is 40.3 Å². The normalized spacial score (nSPS) is 11.6. The minimum absolute atomic E-state index is 0.0233. The van der Waals surface area contributed by atoms with Gasteiger partial charge in [-0.25, -0.2) is 13.8 Å². The van der Waals surface area contributed by atoms with Gasteiger partial charge < -0.3 is 0 Å². The molecule has 4 aromatic rings. The summed E-state index contributed by atoms with van der Waals surface area (Å²) in [6.45, 7) is 2.63. The highest BCUT2D eigenvalue weighted by molar-refractivity contribution is 9.10. The van der Waals surface area contributed by atoms with Crippen molar-refractivity contribution in [2.75, 3.05) is 0 Å². The van der Waals surface area contributed by atoms with Crippen molar-refractivity contribution in [2.45, 2.75) is 39.2 Å². The lowest BCUT2D eigenvalue weighted by Gasteiger charge is -2.13.